The Bertz CT molecular complexity index is 343. The fourth-order valence-corrected chi connectivity index (χ4v) is 1.99. The minimum absolute atomic E-state index is 0.124. The highest BCUT2D eigenvalue weighted by atomic mass is 16.5. The Morgan fingerprint density at radius 3 is 2.55 bits per heavy atom. The topological polar surface area (TPSA) is 35.5 Å². The smallest absolute Gasteiger partial charge is 0.305 e. The van der Waals surface area contributed by atoms with E-state index >= 15 is 0 Å². The molecule has 0 aromatic heterocycles. The van der Waals surface area contributed by atoms with Gasteiger partial charge in [0.05, 0.1) is 13.2 Å². The monoisotopic (exact) mass is 308 g/mol. The molecule has 0 aliphatic carbocycles. The summed E-state index contributed by atoms with van der Waals surface area (Å²) in [5.41, 5.74) is 0. The molecule has 0 spiro atoms. The maximum absolute atomic E-state index is 11.0. The molecular formula is C19H32O3. The van der Waals surface area contributed by atoms with Crippen molar-refractivity contribution in [2.24, 2.45) is 0 Å². The molecule has 0 aromatic carbocycles. The predicted molar refractivity (Wildman–Crippen MR) is 92.8 cm³/mol. The van der Waals surface area contributed by atoms with Crippen molar-refractivity contribution < 1.29 is 14.3 Å². The molecule has 0 N–H and O–H groups in total. The van der Waals surface area contributed by atoms with E-state index < -0.39 is 0 Å². The highest BCUT2D eigenvalue weighted by Crippen LogP contribution is 2.09. The molecule has 1 atom stereocenters. The number of ether oxygens (including phenoxy) is 2. The van der Waals surface area contributed by atoms with Crippen molar-refractivity contribution in [1.29, 1.82) is 0 Å². The van der Waals surface area contributed by atoms with Crippen molar-refractivity contribution in [3.8, 4) is 0 Å². The van der Waals surface area contributed by atoms with Crippen LogP contribution in [0.5, 0.6) is 0 Å². The molecular weight excluding hydrogens is 276 g/mol. The molecule has 3 nitrogen and oxygen atoms in total. The van der Waals surface area contributed by atoms with Crippen LogP contribution in [0.4, 0.5) is 0 Å². The Balaban J connectivity index is 3.74. The van der Waals surface area contributed by atoms with Gasteiger partial charge < -0.3 is 9.47 Å². The standard InChI is InChI=1S/C19H32O3/c1-4-5-6-7-8-9-10-12-15-18(21-2)16-13-11-14-17-19(20)22-3/h6-7,9-10,12,15,18H,4-5,8,11,13-14,16-17H2,1-3H3. The van der Waals surface area contributed by atoms with Crippen LogP contribution in [0.25, 0.3) is 0 Å². The maximum Gasteiger partial charge on any atom is 0.305 e. The molecule has 0 aliphatic heterocycles. The van der Waals surface area contributed by atoms with E-state index in [1.54, 1.807) is 7.11 Å². The van der Waals surface area contributed by atoms with E-state index in [1.807, 2.05) is 0 Å². The average molecular weight is 308 g/mol. The molecule has 0 saturated carbocycles. The zero-order valence-corrected chi connectivity index (χ0v) is 14.4. The van der Waals surface area contributed by atoms with Crippen LogP contribution in [-0.4, -0.2) is 26.3 Å². The molecule has 1 unspecified atom stereocenters. The molecule has 0 aromatic rings. The van der Waals surface area contributed by atoms with Crippen molar-refractivity contribution in [2.75, 3.05) is 14.2 Å². The number of carbonyl (C=O) groups excluding carboxylic acids is 1. The molecule has 3 heteroatoms. The second kappa shape index (κ2) is 16.0. The lowest BCUT2D eigenvalue weighted by atomic mass is 10.1. The summed E-state index contributed by atoms with van der Waals surface area (Å²) in [6.45, 7) is 2.18. The molecule has 0 saturated heterocycles. The van der Waals surface area contributed by atoms with Crippen molar-refractivity contribution >= 4 is 5.97 Å². The van der Waals surface area contributed by atoms with E-state index in [4.69, 9.17) is 4.74 Å². The van der Waals surface area contributed by atoms with E-state index in [0.717, 1.165) is 38.5 Å². The van der Waals surface area contributed by atoms with E-state index in [-0.39, 0.29) is 12.1 Å². The van der Waals surface area contributed by atoms with Gasteiger partial charge in [0.15, 0.2) is 0 Å². The summed E-state index contributed by atoms with van der Waals surface area (Å²) in [6, 6.07) is 0. The van der Waals surface area contributed by atoms with Gasteiger partial charge in [-0.05, 0) is 25.7 Å². The number of hydrogen-bond acceptors (Lipinski definition) is 3. The second-order valence-electron chi connectivity index (χ2n) is 5.26. The van der Waals surface area contributed by atoms with Crippen molar-refractivity contribution in [1.82, 2.24) is 0 Å². The summed E-state index contributed by atoms with van der Waals surface area (Å²) in [4.78, 5) is 11.0. The third-order valence-corrected chi connectivity index (χ3v) is 3.37. The van der Waals surface area contributed by atoms with Crippen LogP contribution in [0.2, 0.25) is 0 Å². The van der Waals surface area contributed by atoms with Crippen LogP contribution in [-0.2, 0) is 14.3 Å². The number of esters is 1. The first-order chi connectivity index (χ1) is 10.7. The van der Waals surface area contributed by atoms with Gasteiger partial charge >= 0.3 is 5.97 Å². The SMILES string of the molecule is CCCC=CCC=CC=CC(CCCCCC(=O)OC)OC. The third-order valence-electron chi connectivity index (χ3n) is 3.37. The van der Waals surface area contributed by atoms with E-state index in [0.29, 0.717) is 6.42 Å². The molecule has 0 heterocycles. The molecule has 0 radical (unpaired) electrons. The number of methoxy groups -OCH3 is 2. The number of carbonyl (C=O) groups is 1. The largest absolute Gasteiger partial charge is 0.469 e. The first kappa shape index (κ1) is 20.6. The fourth-order valence-electron chi connectivity index (χ4n) is 1.99. The van der Waals surface area contributed by atoms with Crippen LogP contribution >= 0.6 is 0 Å². The summed E-state index contributed by atoms with van der Waals surface area (Å²) in [5.74, 6) is -0.124. The van der Waals surface area contributed by atoms with Gasteiger partial charge in [-0.15, -0.1) is 0 Å². The number of rotatable bonds is 13. The quantitative estimate of drug-likeness (QED) is 0.208. The Labute approximate surface area is 136 Å². The molecule has 126 valence electrons. The first-order valence-corrected chi connectivity index (χ1v) is 8.32. The lowest BCUT2D eigenvalue weighted by Crippen LogP contribution is -2.06. The van der Waals surface area contributed by atoms with Gasteiger partial charge in [0.1, 0.15) is 0 Å². The lowest BCUT2D eigenvalue weighted by molar-refractivity contribution is -0.140. The predicted octanol–water partition coefficient (Wildman–Crippen LogP) is 4.98. The number of unbranched alkanes of at least 4 members (excludes halogenated alkanes) is 3. The zero-order valence-electron chi connectivity index (χ0n) is 14.4. The minimum Gasteiger partial charge on any atom is -0.469 e. The summed E-state index contributed by atoms with van der Waals surface area (Å²) in [7, 11) is 3.17. The molecule has 0 fully saturated rings. The van der Waals surface area contributed by atoms with Crippen LogP contribution in [0.3, 0.4) is 0 Å². The summed E-state index contributed by atoms with van der Waals surface area (Å²) >= 11 is 0. The summed E-state index contributed by atoms with van der Waals surface area (Å²) in [6.07, 6.45) is 20.7. The van der Waals surface area contributed by atoms with E-state index in [9.17, 15) is 4.79 Å². The van der Waals surface area contributed by atoms with Gasteiger partial charge in [-0.1, -0.05) is 62.6 Å². The van der Waals surface area contributed by atoms with Gasteiger partial charge in [-0.3, -0.25) is 4.79 Å². The van der Waals surface area contributed by atoms with Gasteiger partial charge in [-0.25, -0.2) is 0 Å². The molecule has 0 aliphatic rings. The summed E-state index contributed by atoms with van der Waals surface area (Å²) < 4.78 is 10.1. The highest BCUT2D eigenvalue weighted by molar-refractivity contribution is 5.68. The van der Waals surface area contributed by atoms with Crippen LogP contribution < -0.4 is 0 Å². The Kier molecular flexibility index (Phi) is 15.0. The molecule has 0 bridgehead atoms. The minimum atomic E-state index is -0.124. The average Bonchev–Trinajstić information content (AvgIpc) is 2.54. The van der Waals surface area contributed by atoms with Crippen LogP contribution in [0.15, 0.2) is 36.5 Å². The Morgan fingerprint density at radius 2 is 1.86 bits per heavy atom. The third kappa shape index (κ3) is 13.6. The molecule has 0 rings (SSSR count). The van der Waals surface area contributed by atoms with E-state index in [1.165, 1.54) is 13.5 Å². The normalized spacial score (nSPS) is 13.4. The van der Waals surface area contributed by atoms with Gasteiger partial charge in [0.25, 0.3) is 0 Å². The van der Waals surface area contributed by atoms with Crippen molar-refractivity contribution in [3.05, 3.63) is 36.5 Å². The van der Waals surface area contributed by atoms with Crippen molar-refractivity contribution in [2.45, 2.75) is 64.4 Å². The fraction of sp³-hybridized carbons (Fsp3) is 0.632. The van der Waals surface area contributed by atoms with Gasteiger partial charge in [-0.2, -0.15) is 0 Å². The summed E-state index contributed by atoms with van der Waals surface area (Å²) in [5, 5.41) is 0. The zero-order chi connectivity index (χ0) is 16.5. The molecule has 0 amide bonds. The second-order valence-corrected chi connectivity index (χ2v) is 5.26. The lowest BCUT2D eigenvalue weighted by Gasteiger charge is -2.09. The Hall–Kier alpha value is -1.35. The number of hydrogen-bond donors (Lipinski definition) is 0. The van der Waals surface area contributed by atoms with Crippen LogP contribution in [0, 0.1) is 0 Å². The van der Waals surface area contributed by atoms with Crippen LogP contribution in [0.1, 0.15) is 58.3 Å². The first-order valence-electron chi connectivity index (χ1n) is 8.32. The molecule has 22 heavy (non-hydrogen) atoms. The maximum atomic E-state index is 11.0. The Morgan fingerprint density at radius 1 is 1.05 bits per heavy atom. The highest BCUT2D eigenvalue weighted by Gasteiger charge is 2.03. The van der Waals surface area contributed by atoms with Gasteiger partial charge in [0, 0.05) is 13.5 Å². The van der Waals surface area contributed by atoms with E-state index in [2.05, 4.69) is 48.1 Å². The van der Waals surface area contributed by atoms with Crippen molar-refractivity contribution in [3.63, 3.8) is 0 Å². The van der Waals surface area contributed by atoms with Gasteiger partial charge in [0.2, 0.25) is 0 Å². The number of allylic oxidation sites excluding steroid dienone is 5.